The van der Waals surface area contributed by atoms with Crippen molar-refractivity contribution in [3.63, 3.8) is 0 Å². The van der Waals surface area contributed by atoms with E-state index in [4.69, 9.17) is 0 Å². The van der Waals surface area contributed by atoms with E-state index < -0.39 is 10.0 Å². The van der Waals surface area contributed by atoms with Crippen molar-refractivity contribution in [1.29, 1.82) is 0 Å². The van der Waals surface area contributed by atoms with Gasteiger partial charge in [-0.15, -0.1) is 0 Å². The molecule has 1 aromatic heterocycles. The van der Waals surface area contributed by atoms with Gasteiger partial charge in [0.05, 0.1) is 6.20 Å². The molecule has 1 aromatic carbocycles. The van der Waals surface area contributed by atoms with Gasteiger partial charge < -0.3 is 0 Å². The van der Waals surface area contributed by atoms with Crippen molar-refractivity contribution >= 4 is 10.0 Å². The summed E-state index contributed by atoms with van der Waals surface area (Å²) >= 11 is 0. The number of aromatic nitrogens is 2. The zero-order valence-electron chi connectivity index (χ0n) is 12.0. The number of aryl methyl sites for hydroxylation is 1. The third kappa shape index (κ3) is 2.87. The number of hydrogen-bond acceptors (Lipinski definition) is 3. The molecule has 2 aromatic rings. The summed E-state index contributed by atoms with van der Waals surface area (Å²) in [7, 11) is -1.71. The smallest absolute Gasteiger partial charge is 0.246 e. The molecule has 0 N–H and O–H groups in total. The molecule has 1 atom stereocenters. The molecule has 2 heterocycles. The predicted molar refractivity (Wildman–Crippen MR) is 80.3 cm³/mol. The average molecular weight is 305 g/mol. The van der Waals surface area contributed by atoms with E-state index in [-0.39, 0.29) is 10.9 Å². The molecule has 0 bridgehead atoms. The predicted octanol–water partition coefficient (Wildman–Crippen LogP) is 1.82. The topological polar surface area (TPSA) is 55.2 Å². The Morgan fingerprint density at radius 1 is 1.29 bits per heavy atom. The maximum atomic E-state index is 12.7. The normalized spacial score (nSPS) is 20.0. The Labute approximate surface area is 125 Å². The van der Waals surface area contributed by atoms with Gasteiger partial charge in [-0.1, -0.05) is 30.3 Å². The molecule has 1 aliphatic rings. The Morgan fingerprint density at radius 3 is 2.71 bits per heavy atom. The standard InChI is InChI=1S/C15H19N3O2S/c1-17-12-15(11-16-17)21(19,20)18-9-5-8-14(18)10-13-6-3-2-4-7-13/h2-4,6-7,11-12,14H,5,8-10H2,1H3/t14-/m0/s1. The van der Waals surface area contributed by atoms with E-state index in [2.05, 4.69) is 5.10 Å². The van der Waals surface area contributed by atoms with Gasteiger partial charge in [0.1, 0.15) is 4.90 Å². The Kier molecular flexibility index (Phi) is 3.82. The molecular formula is C15H19N3O2S. The summed E-state index contributed by atoms with van der Waals surface area (Å²) in [6.07, 6.45) is 5.58. The van der Waals surface area contributed by atoms with Crippen molar-refractivity contribution in [1.82, 2.24) is 14.1 Å². The lowest BCUT2D eigenvalue weighted by atomic mass is 10.1. The monoisotopic (exact) mass is 305 g/mol. The fraction of sp³-hybridized carbons (Fsp3) is 0.400. The van der Waals surface area contributed by atoms with Crippen LogP contribution in [-0.2, 0) is 23.5 Å². The lowest BCUT2D eigenvalue weighted by molar-refractivity contribution is 0.385. The maximum absolute atomic E-state index is 12.7. The highest BCUT2D eigenvalue weighted by Gasteiger charge is 2.35. The van der Waals surface area contributed by atoms with E-state index in [0.29, 0.717) is 6.54 Å². The van der Waals surface area contributed by atoms with E-state index in [0.717, 1.165) is 19.3 Å². The molecule has 0 radical (unpaired) electrons. The summed E-state index contributed by atoms with van der Waals surface area (Å²) in [5.41, 5.74) is 1.18. The molecule has 1 aliphatic heterocycles. The summed E-state index contributed by atoms with van der Waals surface area (Å²) < 4.78 is 28.6. The van der Waals surface area contributed by atoms with Crippen molar-refractivity contribution in [3.8, 4) is 0 Å². The minimum atomic E-state index is -3.44. The molecule has 0 aliphatic carbocycles. The van der Waals surface area contributed by atoms with Gasteiger partial charge in [-0.3, -0.25) is 4.68 Å². The second-order valence-electron chi connectivity index (χ2n) is 5.45. The highest BCUT2D eigenvalue weighted by Crippen LogP contribution is 2.27. The van der Waals surface area contributed by atoms with Gasteiger partial charge >= 0.3 is 0 Å². The van der Waals surface area contributed by atoms with Crippen LogP contribution >= 0.6 is 0 Å². The summed E-state index contributed by atoms with van der Waals surface area (Å²) in [4.78, 5) is 0.282. The second kappa shape index (κ2) is 5.61. The van der Waals surface area contributed by atoms with Gasteiger partial charge in [0.15, 0.2) is 0 Å². The van der Waals surface area contributed by atoms with E-state index in [1.54, 1.807) is 17.5 Å². The number of rotatable bonds is 4. The van der Waals surface area contributed by atoms with Gasteiger partial charge in [0.25, 0.3) is 0 Å². The number of nitrogens with zero attached hydrogens (tertiary/aromatic N) is 3. The molecule has 0 unspecified atom stereocenters. The number of sulfonamides is 1. The quantitative estimate of drug-likeness (QED) is 0.866. The van der Waals surface area contributed by atoms with Crippen molar-refractivity contribution in [2.75, 3.05) is 6.54 Å². The van der Waals surface area contributed by atoms with Gasteiger partial charge in [-0.2, -0.15) is 9.40 Å². The van der Waals surface area contributed by atoms with Crippen LogP contribution in [0, 0.1) is 0 Å². The van der Waals surface area contributed by atoms with Crippen LogP contribution in [0.5, 0.6) is 0 Å². The molecule has 3 rings (SSSR count). The molecular weight excluding hydrogens is 286 g/mol. The minimum Gasteiger partial charge on any atom is -0.274 e. The molecule has 6 heteroatoms. The Balaban J connectivity index is 1.84. The fourth-order valence-electron chi connectivity index (χ4n) is 2.88. The first-order chi connectivity index (χ1) is 10.1. The largest absolute Gasteiger partial charge is 0.274 e. The molecule has 0 saturated carbocycles. The third-order valence-electron chi connectivity index (χ3n) is 3.93. The Bertz CT molecular complexity index is 710. The zero-order valence-corrected chi connectivity index (χ0v) is 12.8. The fourth-order valence-corrected chi connectivity index (χ4v) is 4.56. The lowest BCUT2D eigenvalue weighted by Crippen LogP contribution is -2.36. The van der Waals surface area contributed by atoms with E-state index in [1.165, 1.54) is 16.4 Å². The molecule has 1 fully saturated rings. The first kappa shape index (κ1) is 14.3. The van der Waals surface area contributed by atoms with Gasteiger partial charge in [-0.25, -0.2) is 8.42 Å². The first-order valence-corrected chi connectivity index (χ1v) is 8.56. The van der Waals surface area contributed by atoms with Crippen LogP contribution in [0.1, 0.15) is 18.4 Å². The van der Waals surface area contributed by atoms with Gasteiger partial charge in [-0.05, 0) is 24.8 Å². The van der Waals surface area contributed by atoms with Crippen LogP contribution < -0.4 is 0 Å². The highest BCUT2D eigenvalue weighted by atomic mass is 32.2. The minimum absolute atomic E-state index is 0.0395. The molecule has 5 nitrogen and oxygen atoms in total. The van der Waals surface area contributed by atoms with E-state index >= 15 is 0 Å². The van der Waals surface area contributed by atoms with Crippen molar-refractivity contribution in [3.05, 3.63) is 48.3 Å². The highest BCUT2D eigenvalue weighted by molar-refractivity contribution is 7.89. The second-order valence-corrected chi connectivity index (χ2v) is 7.34. The van der Waals surface area contributed by atoms with Crippen LogP contribution in [0.4, 0.5) is 0 Å². The van der Waals surface area contributed by atoms with Crippen LogP contribution in [0.2, 0.25) is 0 Å². The van der Waals surface area contributed by atoms with Crippen LogP contribution in [0.3, 0.4) is 0 Å². The van der Waals surface area contributed by atoms with Crippen molar-refractivity contribution < 1.29 is 8.42 Å². The summed E-state index contributed by atoms with van der Waals surface area (Å²) in [6.45, 7) is 0.592. The molecule has 0 spiro atoms. The first-order valence-electron chi connectivity index (χ1n) is 7.12. The lowest BCUT2D eigenvalue weighted by Gasteiger charge is -2.23. The average Bonchev–Trinajstić information content (AvgIpc) is 3.09. The van der Waals surface area contributed by atoms with Crippen LogP contribution in [0.25, 0.3) is 0 Å². The SMILES string of the molecule is Cn1cc(S(=O)(=O)N2CCC[C@H]2Cc2ccccc2)cn1. The number of benzene rings is 1. The Morgan fingerprint density at radius 2 is 2.05 bits per heavy atom. The summed E-state index contributed by atoms with van der Waals surface area (Å²) in [6, 6.07) is 10.1. The third-order valence-corrected chi connectivity index (χ3v) is 5.83. The summed E-state index contributed by atoms with van der Waals surface area (Å²) in [5, 5.41) is 3.97. The van der Waals surface area contributed by atoms with E-state index in [1.807, 2.05) is 30.3 Å². The van der Waals surface area contributed by atoms with Crippen molar-refractivity contribution in [2.24, 2.45) is 7.05 Å². The van der Waals surface area contributed by atoms with E-state index in [9.17, 15) is 8.42 Å². The zero-order chi connectivity index (χ0) is 14.9. The van der Waals surface area contributed by atoms with Crippen LogP contribution in [-0.4, -0.2) is 35.1 Å². The Hall–Kier alpha value is -1.66. The summed E-state index contributed by atoms with van der Waals surface area (Å²) in [5.74, 6) is 0. The number of hydrogen-bond donors (Lipinski definition) is 0. The van der Waals surface area contributed by atoms with Crippen molar-refractivity contribution in [2.45, 2.75) is 30.2 Å². The molecule has 112 valence electrons. The van der Waals surface area contributed by atoms with Crippen LogP contribution in [0.15, 0.2) is 47.6 Å². The van der Waals surface area contributed by atoms with Gasteiger partial charge in [0.2, 0.25) is 10.0 Å². The molecule has 1 saturated heterocycles. The maximum Gasteiger partial charge on any atom is 0.246 e. The molecule has 21 heavy (non-hydrogen) atoms. The molecule has 0 amide bonds. The van der Waals surface area contributed by atoms with Gasteiger partial charge in [0, 0.05) is 25.8 Å².